The number of anilines is 3. The van der Waals surface area contributed by atoms with Crippen LogP contribution in [0, 0.1) is 0 Å². The van der Waals surface area contributed by atoms with Crippen LogP contribution in [-0.2, 0) is 0 Å². The minimum Gasteiger partial charge on any atom is -0.399 e. The van der Waals surface area contributed by atoms with Crippen LogP contribution in [-0.4, -0.2) is 35.2 Å². The maximum Gasteiger partial charge on any atom is 0.0852 e. The van der Waals surface area contributed by atoms with E-state index in [4.69, 9.17) is 5.73 Å². The van der Waals surface area contributed by atoms with E-state index in [1.807, 2.05) is 264 Å². The number of nitrogen functional groups attached to an aromatic ring is 1. The molecule has 0 atom stereocenters. The Morgan fingerprint density at radius 1 is 0.333 bits per heavy atom. The second kappa shape index (κ2) is 87.0. The predicted molar refractivity (Wildman–Crippen MR) is 263 cm³/mol. The second-order valence-electron chi connectivity index (χ2n) is 7.51. The molecule has 0 saturated heterocycles. The van der Waals surface area contributed by atoms with Gasteiger partial charge < -0.3 is 15.5 Å². The van der Waals surface area contributed by atoms with E-state index in [-0.39, 0.29) is 0 Å². The molecule has 5 heteroatoms. The predicted octanol–water partition coefficient (Wildman–Crippen LogP) is 17.4. The van der Waals surface area contributed by atoms with Gasteiger partial charge in [-0.3, -0.25) is 0 Å². The van der Waals surface area contributed by atoms with Gasteiger partial charge in [0.25, 0.3) is 0 Å². The molecule has 4 aromatic carbocycles. The van der Waals surface area contributed by atoms with E-state index in [9.17, 15) is 0 Å². The van der Waals surface area contributed by atoms with E-state index in [1.54, 1.807) is 7.05 Å². The molecule has 0 bridgehead atoms. The summed E-state index contributed by atoms with van der Waals surface area (Å²) in [6.07, 6.45) is 0. The fourth-order valence-electron chi connectivity index (χ4n) is 2.52. The van der Waals surface area contributed by atoms with Gasteiger partial charge in [-0.25, -0.2) is 0 Å². The highest BCUT2D eigenvalue weighted by Crippen LogP contribution is 2.09. The van der Waals surface area contributed by atoms with Crippen LogP contribution < -0.4 is 15.5 Å². The summed E-state index contributed by atoms with van der Waals surface area (Å²) >= 11 is 0. The normalized spacial score (nSPS) is 6.98. The van der Waals surface area contributed by atoms with Crippen molar-refractivity contribution >= 4 is 22.7 Å². The highest BCUT2D eigenvalue weighted by molar-refractivity contribution is 5.44. The molecular formula is C49H97N5. The van der Waals surface area contributed by atoms with Crippen LogP contribution in [0.5, 0.6) is 0 Å². The lowest BCUT2D eigenvalue weighted by Gasteiger charge is -2.10. The molecule has 0 aliphatic heterocycles. The zero-order chi connectivity index (χ0) is 45.0. The maximum atomic E-state index is 5.36. The highest BCUT2D eigenvalue weighted by atomic mass is 15.1. The number of nitrogens with two attached hydrogens (primary N) is 1. The van der Waals surface area contributed by atoms with Crippen LogP contribution in [0.2, 0.25) is 0 Å². The zero-order valence-electron chi connectivity index (χ0n) is 40.9. The van der Waals surface area contributed by atoms with E-state index in [1.165, 1.54) is 11.4 Å². The van der Waals surface area contributed by atoms with Crippen LogP contribution >= 0.6 is 0 Å². The van der Waals surface area contributed by atoms with E-state index < -0.39 is 0 Å². The van der Waals surface area contributed by atoms with Crippen molar-refractivity contribution in [2.75, 3.05) is 50.8 Å². The molecule has 0 unspecified atom stereocenters. The van der Waals surface area contributed by atoms with Gasteiger partial charge in [0.2, 0.25) is 0 Å². The quantitative estimate of drug-likeness (QED) is 0.167. The molecule has 0 spiro atoms. The summed E-state index contributed by atoms with van der Waals surface area (Å²) < 4.78 is 0. The first-order valence-corrected chi connectivity index (χ1v) is 21.0. The van der Waals surface area contributed by atoms with E-state index >= 15 is 0 Å². The maximum absolute atomic E-state index is 5.36. The number of nitrogens with zero attached hydrogens (tertiary/aromatic N) is 4. The molecule has 318 valence electrons. The number of rotatable bonds is 3. The summed E-state index contributed by atoms with van der Waals surface area (Å²) in [5, 5.41) is 7.46. The SMILES string of the molecule is CC.CC.CC.CC.CC.CC.CC.CC.CC.CC.CN(C)c1ccccc1.CN(C)c1ccccc1.CN=Nc1ccccc1.Nc1ccccc1. The van der Waals surface area contributed by atoms with Gasteiger partial charge in [0.05, 0.1) is 5.69 Å². The number of benzene rings is 4. The Kier molecular flexibility index (Phi) is 121. The van der Waals surface area contributed by atoms with Crippen LogP contribution in [0.25, 0.3) is 0 Å². The third kappa shape index (κ3) is 69.6. The Labute approximate surface area is 342 Å². The van der Waals surface area contributed by atoms with Crippen molar-refractivity contribution in [3.8, 4) is 0 Å². The average molecular weight is 756 g/mol. The zero-order valence-corrected chi connectivity index (χ0v) is 40.9. The first-order chi connectivity index (χ1) is 26.4. The van der Waals surface area contributed by atoms with Crippen molar-refractivity contribution in [1.82, 2.24) is 0 Å². The molecule has 54 heavy (non-hydrogen) atoms. The van der Waals surface area contributed by atoms with Gasteiger partial charge in [0, 0.05) is 52.3 Å². The lowest BCUT2D eigenvalue weighted by molar-refractivity contribution is 1.13. The Bertz CT molecular complexity index is 963. The molecule has 0 aliphatic carbocycles. The minimum absolute atomic E-state index is 0.822. The van der Waals surface area contributed by atoms with Crippen molar-refractivity contribution in [2.45, 2.75) is 138 Å². The minimum atomic E-state index is 0.822. The van der Waals surface area contributed by atoms with E-state index in [0.29, 0.717) is 0 Å². The standard InChI is InChI=1S/2C8H11N.C7H8N2.C6H7N.10C2H6/c2*1-9(2)8-6-4-3-5-7-8;1-8-9-7-5-3-2-4-6-7;7-6-4-2-1-3-5-6;10*1-2/h2*3-7H,1-2H3;2-6H,1H3;1-5H,7H2;10*1-2H3. The van der Waals surface area contributed by atoms with Gasteiger partial charge in [-0.1, -0.05) is 211 Å². The Balaban J connectivity index is -0.0000000518. The van der Waals surface area contributed by atoms with Crippen molar-refractivity contribution in [3.63, 3.8) is 0 Å². The number of azo groups is 1. The molecule has 0 fully saturated rings. The Morgan fingerprint density at radius 3 is 0.685 bits per heavy atom. The van der Waals surface area contributed by atoms with Crippen LogP contribution in [0.4, 0.5) is 22.7 Å². The summed E-state index contributed by atoms with van der Waals surface area (Å²) in [4.78, 5) is 4.17. The van der Waals surface area contributed by atoms with Gasteiger partial charge in [0.15, 0.2) is 0 Å². The first kappa shape index (κ1) is 74.9. The molecule has 0 aromatic heterocycles. The number of hydrogen-bond acceptors (Lipinski definition) is 5. The average Bonchev–Trinajstić information content (AvgIpc) is 3.30. The van der Waals surface area contributed by atoms with Crippen molar-refractivity contribution in [3.05, 3.63) is 121 Å². The lowest BCUT2D eigenvalue weighted by Crippen LogP contribution is -2.07. The molecule has 4 rings (SSSR count). The van der Waals surface area contributed by atoms with Crippen molar-refractivity contribution < 1.29 is 0 Å². The largest absolute Gasteiger partial charge is 0.399 e. The molecule has 0 saturated carbocycles. The highest BCUT2D eigenvalue weighted by Gasteiger charge is 1.88. The fourth-order valence-corrected chi connectivity index (χ4v) is 2.52. The summed E-state index contributed by atoms with van der Waals surface area (Å²) in [6, 6.07) is 39.7. The van der Waals surface area contributed by atoms with Crippen LogP contribution in [0.1, 0.15) is 138 Å². The third-order valence-electron chi connectivity index (χ3n) is 4.32. The van der Waals surface area contributed by atoms with Gasteiger partial charge >= 0.3 is 0 Å². The summed E-state index contributed by atoms with van der Waals surface area (Å²) in [5.41, 5.74) is 9.58. The molecule has 5 nitrogen and oxygen atoms in total. The third-order valence-corrected chi connectivity index (χ3v) is 4.32. The first-order valence-electron chi connectivity index (χ1n) is 21.0. The summed E-state index contributed by atoms with van der Waals surface area (Å²) in [6.45, 7) is 40.0. The van der Waals surface area contributed by atoms with E-state index in [2.05, 4.69) is 44.3 Å². The topological polar surface area (TPSA) is 57.2 Å². The van der Waals surface area contributed by atoms with Crippen LogP contribution in [0.15, 0.2) is 132 Å². The van der Waals surface area contributed by atoms with Crippen molar-refractivity contribution in [2.24, 2.45) is 10.2 Å². The van der Waals surface area contributed by atoms with Gasteiger partial charge in [0.1, 0.15) is 0 Å². The number of para-hydroxylation sites is 3. The lowest BCUT2D eigenvalue weighted by atomic mass is 10.3. The molecule has 4 aromatic rings. The molecule has 0 heterocycles. The van der Waals surface area contributed by atoms with Gasteiger partial charge in [-0.15, -0.1) is 0 Å². The fraction of sp³-hybridized carbons (Fsp3) is 0.510. The molecule has 0 amide bonds. The summed E-state index contributed by atoms with van der Waals surface area (Å²) in [7, 11) is 9.81. The molecule has 2 N–H and O–H groups in total. The van der Waals surface area contributed by atoms with Gasteiger partial charge in [-0.05, 0) is 48.5 Å². The van der Waals surface area contributed by atoms with Crippen LogP contribution in [0.3, 0.4) is 0 Å². The smallest absolute Gasteiger partial charge is 0.0852 e. The second-order valence-corrected chi connectivity index (χ2v) is 7.51. The van der Waals surface area contributed by atoms with E-state index in [0.717, 1.165) is 11.4 Å². The molecule has 0 radical (unpaired) electrons. The van der Waals surface area contributed by atoms with Gasteiger partial charge in [-0.2, -0.15) is 10.2 Å². The van der Waals surface area contributed by atoms with Crippen molar-refractivity contribution in [1.29, 1.82) is 0 Å². The number of hydrogen-bond donors (Lipinski definition) is 1. The Hall–Kier alpha value is -4.12. The summed E-state index contributed by atoms with van der Waals surface area (Å²) in [5.74, 6) is 0. The monoisotopic (exact) mass is 756 g/mol. The molecule has 0 aliphatic rings. The molecular weight excluding hydrogens is 659 g/mol. The Morgan fingerprint density at radius 2 is 0.537 bits per heavy atom.